The van der Waals surface area contributed by atoms with E-state index in [1.54, 1.807) is 0 Å². The van der Waals surface area contributed by atoms with Crippen molar-refractivity contribution < 1.29 is 0 Å². The molecule has 0 aliphatic carbocycles. The molecular weight excluding hydrogens is 180 g/mol. The molecule has 0 radical (unpaired) electrons. The van der Waals surface area contributed by atoms with Gasteiger partial charge in [-0.3, -0.25) is 0 Å². The third kappa shape index (κ3) is 2.81. The SMILES string of the molecule is CC(C)C[C@@H](N)c1nc(N)nc(N)n1. The van der Waals surface area contributed by atoms with Crippen LogP contribution in [0.15, 0.2) is 0 Å². The van der Waals surface area contributed by atoms with E-state index in [2.05, 4.69) is 28.8 Å². The molecule has 0 saturated heterocycles. The molecule has 0 spiro atoms. The van der Waals surface area contributed by atoms with Gasteiger partial charge in [-0.1, -0.05) is 13.8 Å². The van der Waals surface area contributed by atoms with Gasteiger partial charge >= 0.3 is 0 Å². The molecule has 14 heavy (non-hydrogen) atoms. The van der Waals surface area contributed by atoms with Crippen LogP contribution in [-0.4, -0.2) is 15.0 Å². The summed E-state index contributed by atoms with van der Waals surface area (Å²) in [5, 5.41) is 0. The summed E-state index contributed by atoms with van der Waals surface area (Å²) in [7, 11) is 0. The largest absolute Gasteiger partial charge is 0.368 e. The van der Waals surface area contributed by atoms with Gasteiger partial charge in [0.2, 0.25) is 11.9 Å². The van der Waals surface area contributed by atoms with Crippen LogP contribution in [0.2, 0.25) is 0 Å². The van der Waals surface area contributed by atoms with E-state index in [-0.39, 0.29) is 17.9 Å². The second-order valence-corrected chi connectivity index (χ2v) is 3.65. The van der Waals surface area contributed by atoms with Gasteiger partial charge < -0.3 is 17.2 Å². The molecule has 1 aromatic rings. The third-order valence-electron chi connectivity index (χ3n) is 1.74. The van der Waals surface area contributed by atoms with Gasteiger partial charge in [-0.05, 0) is 12.3 Å². The summed E-state index contributed by atoms with van der Waals surface area (Å²) in [6.45, 7) is 4.15. The van der Waals surface area contributed by atoms with Crippen LogP contribution in [0.5, 0.6) is 0 Å². The number of aromatic nitrogens is 3. The van der Waals surface area contributed by atoms with E-state index in [0.717, 1.165) is 6.42 Å². The van der Waals surface area contributed by atoms with Crippen molar-refractivity contribution in [1.82, 2.24) is 15.0 Å². The van der Waals surface area contributed by atoms with Gasteiger partial charge in [-0.15, -0.1) is 0 Å². The Morgan fingerprint density at radius 1 is 1.07 bits per heavy atom. The fourth-order valence-electron chi connectivity index (χ4n) is 1.21. The zero-order valence-electron chi connectivity index (χ0n) is 8.44. The first kappa shape index (κ1) is 10.6. The van der Waals surface area contributed by atoms with Crippen LogP contribution in [0, 0.1) is 5.92 Å². The molecule has 1 rings (SSSR count). The predicted molar refractivity (Wildman–Crippen MR) is 55.0 cm³/mol. The molecule has 6 N–H and O–H groups in total. The topological polar surface area (TPSA) is 117 Å². The minimum Gasteiger partial charge on any atom is -0.368 e. The average Bonchev–Trinajstić information content (AvgIpc) is 2.00. The summed E-state index contributed by atoms with van der Waals surface area (Å²) in [5.41, 5.74) is 16.7. The van der Waals surface area contributed by atoms with Gasteiger partial charge in [0.1, 0.15) is 0 Å². The fraction of sp³-hybridized carbons (Fsp3) is 0.625. The molecule has 6 nitrogen and oxygen atoms in total. The zero-order valence-corrected chi connectivity index (χ0v) is 8.44. The van der Waals surface area contributed by atoms with Crippen molar-refractivity contribution in [2.45, 2.75) is 26.3 Å². The van der Waals surface area contributed by atoms with E-state index in [0.29, 0.717) is 11.7 Å². The number of nitrogens with zero attached hydrogens (tertiary/aromatic N) is 3. The molecule has 0 unspecified atom stereocenters. The van der Waals surface area contributed by atoms with Gasteiger partial charge in [0.15, 0.2) is 5.82 Å². The van der Waals surface area contributed by atoms with Crippen LogP contribution in [-0.2, 0) is 0 Å². The Morgan fingerprint density at radius 3 is 2.00 bits per heavy atom. The quantitative estimate of drug-likeness (QED) is 0.630. The predicted octanol–water partition coefficient (Wildman–Crippen LogP) is 0.0819. The van der Waals surface area contributed by atoms with E-state index in [1.165, 1.54) is 0 Å². The molecule has 0 bridgehead atoms. The minimum absolute atomic E-state index is 0.117. The Morgan fingerprint density at radius 2 is 1.57 bits per heavy atom. The first-order valence-corrected chi connectivity index (χ1v) is 4.51. The van der Waals surface area contributed by atoms with E-state index in [9.17, 15) is 0 Å². The van der Waals surface area contributed by atoms with Gasteiger partial charge in [-0.2, -0.15) is 15.0 Å². The second kappa shape index (κ2) is 4.19. The highest BCUT2D eigenvalue weighted by atomic mass is 15.1. The van der Waals surface area contributed by atoms with Crippen molar-refractivity contribution in [2.24, 2.45) is 11.7 Å². The van der Waals surface area contributed by atoms with Crippen molar-refractivity contribution in [3.63, 3.8) is 0 Å². The van der Waals surface area contributed by atoms with Crippen LogP contribution < -0.4 is 17.2 Å². The lowest BCUT2D eigenvalue weighted by molar-refractivity contribution is 0.493. The summed E-state index contributed by atoms with van der Waals surface area (Å²) in [4.78, 5) is 11.5. The first-order valence-electron chi connectivity index (χ1n) is 4.51. The molecule has 0 aliphatic heterocycles. The lowest BCUT2D eigenvalue weighted by atomic mass is 10.0. The number of hydrogen-bond donors (Lipinski definition) is 3. The molecule has 0 saturated carbocycles. The smallest absolute Gasteiger partial charge is 0.225 e. The molecule has 6 heteroatoms. The molecule has 1 atom stereocenters. The normalized spacial score (nSPS) is 13.1. The monoisotopic (exact) mass is 196 g/mol. The maximum absolute atomic E-state index is 5.87. The summed E-state index contributed by atoms with van der Waals surface area (Å²) >= 11 is 0. The molecule has 0 fully saturated rings. The maximum Gasteiger partial charge on any atom is 0.225 e. The lowest BCUT2D eigenvalue weighted by Crippen LogP contribution is -2.18. The molecule has 0 aliphatic rings. The van der Waals surface area contributed by atoms with Crippen LogP contribution in [0.1, 0.15) is 32.1 Å². The second-order valence-electron chi connectivity index (χ2n) is 3.65. The third-order valence-corrected chi connectivity index (χ3v) is 1.74. The van der Waals surface area contributed by atoms with E-state index >= 15 is 0 Å². The lowest BCUT2D eigenvalue weighted by Gasteiger charge is -2.12. The Balaban J connectivity index is 2.84. The van der Waals surface area contributed by atoms with Crippen molar-refractivity contribution in [3.8, 4) is 0 Å². The Kier molecular flexibility index (Phi) is 3.19. The van der Waals surface area contributed by atoms with E-state index in [1.807, 2.05) is 0 Å². The number of nitrogens with two attached hydrogens (primary N) is 3. The van der Waals surface area contributed by atoms with Crippen molar-refractivity contribution >= 4 is 11.9 Å². The number of nitrogen functional groups attached to an aromatic ring is 2. The van der Waals surface area contributed by atoms with E-state index < -0.39 is 0 Å². The Labute approximate surface area is 82.9 Å². The minimum atomic E-state index is -0.234. The summed E-state index contributed by atoms with van der Waals surface area (Å²) in [6.07, 6.45) is 0.795. The molecule has 0 amide bonds. The van der Waals surface area contributed by atoms with Crippen molar-refractivity contribution in [2.75, 3.05) is 11.5 Å². The number of hydrogen-bond acceptors (Lipinski definition) is 6. The van der Waals surface area contributed by atoms with Gasteiger partial charge in [0, 0.05) is 0 Å². The molecule has 1 aromatic heterocycles. The summed E-state index contributed by atoms with van der Waals surface area (Å²) in [5.74, 6) is 1.17. The van der Waals surface area contributed by atoms with Crippen LogP contribution in [0.3, 0.4) is 0 Å². The van der Waals surface area contributed by atoms with E-state index in [4.69, 9.17) is 17.2 Å². The molecular formula is C8H16N6. The summed E-state index contributed by atoms with van der Waals surface area (Å²) in [6, 6.07) is -0.234. The molecule has 1 heterocycles. The molecule has 78 valence electrons. The van der Waals surface area contributed by atoms with Crippen LogP contribution >= 0.6 is 0 Å². The fourth-order valence-corrected chi connectivity index (χ4v) is 1.21. The standard InChI is InChI=1S/C8H16N6/c1-4(2)3-5(9)6-12-7(10)14-8(11)13-6/h4-5H,3,9H2,1-2H3,(H4,10,11,12,13,14)/t5-/m1/s1. The van der Waals surface area contributed by atoms with Crippen LogP contribution in [0.25, 0.3) is 0 Å². The number of rotatable bonds is 3. The van der Waals surface area contributed by atoms with Crippen LogP contribution in [0.4, 0.5) is 11.9 Å². The highest BCUT2D eigenvalue weighted by Gasteiger charge is 2.12. The average molecular weight is 196 g/mol. The van der Waals surface area contributed by atoms with Gasteiger partial charge in [0.25, 0.3) is 0 Å². The van der Waals surface area contributed by atoms with Crippen molar-refractivity contribution in [3.05, 3.63) is 5.82 Å². The zero-order chi connectivity index (χ0) is 10.7. The maximum atomic E-state index is 5.87. The first-order chi connectivity index (χ1) is 6.49. The van der Waals surface area contributed by atoms with Gasteiger partial charge in [0.05, 0.1) is 6.04 Å². The Bertz CT molecular complexity index is 290. The highest BCUT2D eigenvalue weighted by molar-refractivity contribution is 5.26. The van der Waals surface area contributed by atoms with Crippen molar-refractivity contribution in [1.29, 1.82) is 0 Å². The highest BCUT2D eigenvalue weighted by Crippen LogP contribution is 2.15. The Hall–Kier alpha value is -1.43. The summed E-state index contributed by atoms with van der Waals surface area (Å²) < 4.78 is 0. The van der Waals surface area contributed by atoms with Gasteiger partial charge in [-0.25, -0.2) is 0 Å². The molecule has 0 aromatic carbocycles. The number of anilines is 2.